The number of carbonyl (C=O) groups is 2. The smallest absolute Gasteiger partial charge is 0.341 e. The van der Waals surface area contributed by atoms with Crippen molar-refractivity contribution in [3.05, 3.63) is 83.6 Å². The minimum absolute atomic E-state index is 0.0272. The van der Waals surface area contributed by atoms with Crippen LogP contribution < -0.4 is 4.90 Å². The van der Waals surface area contributed by atoms with E-state index in [0.717, 1.165) is 48.1 Å². The van der Waals surface area contributed by atoms with Crippen LogP contribution in [0.25, 0.3) is 11.3 Å². The van der Waals surface area contributed by atoms with E-state index >= 15 is 0 Å². The van der Waals surface area contributed by atoms with Gasteiger partial charge < -0.3 is 5.11 Å². The van der Waals surface area contributed by atoms with Crippen molar-refractivity contribution in [2.45, 2.75) is 59.4 Å². The molecule has 1 saturated carbocycles. The highest BCUT2D eigenvalue weighted by molar-refractivity contribution is 6.01. The minimum atomic E-state index is -1.09. The standard InChI is InChI=1S/C30H35N3O3/c1-5-26(22-9-7-6-8-10-22)23-15-17-25(18-16-23)32-19-27(30(35)36)28(31-32)33(20(2)3)29(34)24-13-11-21(4)12-14-24/h5-10,15-21,24H,11-14H2,1-4H3,(H,35,36)/t21-,24-. The van der Waals surface area contributed by atoms with Crippen molar-refractivity contribution >= 4 is 23.3 Å². The van der Waals surface area contributed by atoms with Crippen molar-refractivity contribution in [2.24, 2.45) is 11.8 Å². The Morgan fingerprint density at radius 3 is 2.17 bits per heavy atom. The van der Waals surface area contributed by atoms with E-state index in [2.05, 4.69) is 30.2 Å². The lowest BCUT2D eigenvalue weighted by molar-refractivity contribution is -0.124. The average molecular weight is 486 g/mol. The van der Waals surface area contributed by atoms with Gasteiger partial charge in [-0.25, -0.2) is 9.48 Å². The molecule has 1 aromatic heterocycles. The fraction of sp³-hybridized carbons (Fsp3) is 0.367. The van der Waals surface area contributed by atoms with Crippen LogP contribution in [0, 0.1) is 11.8 Å². The summed E-state index contributed by atoms with van der Waals surface area (Å²) in [6, 6.07) is 17.8. The maximum atomic E-state index is 13.5. The Morgan fingerprint density at radius 2 is 1.61 bits per heavy atom. The summed E-state index contributed by atoms with van der Waals surface area (Å²) < 4.78 is 1.56. The summed E-state index contributed by atoms with van der Waals surface area (Å²) in [5.41, 5.74) is 4.07. The Morgan fingerprint density at radius 1 is 1.00 bits per heavy atom. The molecule has 36 heavy (non-hydrogen) atoms. The normalized spacial score (nSPS) is 18.3. The number of amides is 1. The lowest BCUT2D eigenvalue weighted by Gasteiger charge is -2.32. The molecule has 6 nitrogen and oxygen atoms in total. The van der Waals surface area contributed by atoms with Crippen LogP contribution in [0.1, 0.15) is 74.9 Å². The van der Waals surface area contributed by atoms with E-state index in [4.69, 9.17) is 0 Å². The minimum Gasteiger partial charge on any atom is -0.477 e. The van der Waals surface area contributed by atoms with E-state index in [0.29, 0.717) is 5.92 Å². The van der Waals surface area contributed by atoms with Gasteiger partial charge in [0.2, 0.25) is 5.91 Å². The zero-order chi connectivity index (χ0) is 25.8. The van der Waals surface area contributed by atoms with Crippen LogP contribution in [0.2, 0.25) is 0 Å². The van der Waals surface area contributed by atoms with E-state index in [-0.39, 0.29) is 29.2 Å². The second-order valence-electron chi connectivity index (χ2n) is 9.99. The first-order chi connectivity index (χ1) is 17.3. The van der Waals surface area contributed by atoms with Crippen molar-refractivity contribution in [1.82, 2.24) is 9.78 Å². The number of carboxylic acids is 1. The van der Waals surface area contributed by atoms with Crippen molar-refractivity contribution in [2.75, 3.05) is 4.90 Å². The first kappa shape index (κ1) is 25.4. The maximum absolute atomic E-state index is 13.5. The molecule has 1 heterocycles. The summed E-state index contributed by atoms with van der Waals surface area (Å²) in [6.07, 6.45) is 7.30. The van der Waals surface area contributed by atoms with Crippen LogP contribution in [0.15, 0.2) is 66.9 Å². The molecule has 0 bridgehead atoms. The molecule has 2 aromatic carbocycles. The van der Waals surface area contributed by atoms with Crippen LogP contribution in [0.5, 0.6) is 0 Å². The van der Waals surface area contributed by atoms with Crippen LogP contribution in [-0.2, 0) is 4.79 Å². The number of anilines is 1. The van der Waals surface area contributed by atoms with Crippen molar-refractivity contribution in [3.8, 4) is 5.69 Å². The largest absolute Gasteiger partial charge is 0.477 e. The summed E-state index contributed by atoms with van der Waals surface area (Å²) in [4.78, 5) is 27.3. The van der Waals surface area contributed by atoms with E-state index in [1.165, 1.54) is 6.20 Å². The lowest BCUT2D eigenvalue weighted by atomic mass is 9.82. The predicted molar refractivity (Wildman–Crippen MR) is 143 cm³/mol. The zero-order valence-electron chi connectivity index (χ0n) is 21.5. The third-order valence-electron chi connectivity index (χ3n) is 7.09. The molecule has 1 aliphatic carbocycles. The average Bonchev–Trinajstić information content (AvgIpc) is 3.31. The highest BCUT2D eigenvalue weighted by Crippen LogP contribution is 2.33. The number of aromatic carboxylic acids is 1. The highest BCUT2D eigenvalue weighted by atomic mass is 16.4. The third-order valence-corrected chi connectivity index (χ3v) is 7.09. The molecule has 0 spiro atoms. The van der Waals surface area contributed by atoms with E-state index in [1.807, 2.05) is 63.2 Å². The molecule has 6 heteroatoms. The Bertz CT molecular complexity index is 1230. The van der Waals surface area contributed by atoms with Gasteiger partial charge in [0.25, 0.3) is 0 Å². The molecule has 1 fully saturated rings. The maximum Gasteiger partial charge on any atom is 0.341 e. The number of rotatable bonds is 7. The lowest BCUT2D eigenvalue weighted by Crippen LogP contribution is -2.43. The Kier molecular flexibility index (Phi) is 7.73. The molecule has 1 amide bonds. The molecule has 0 aliphatic heterocycles. The number of carbonyl (C=O) groups excluding carboxylic acids is 1. The molecular weight excluding hydrogens is 450 g/mol. The van der Waals surface area contributed by atoms with Gasteiger partial charge in [0.05, 0.1) is 5.69 Å². The number of hydrogen-bond acceptors (Lipinski definition) is 3. The molecule has 0 radical (unpaired) electrons. The van der Waals surface area contributed by atoms with Gasteiger partial charge in [0.15, 0.2) is 5.82 Å². The molecular formula is C30H35N3O3. The van der Waals surface area contributed by atoms with Crippen LogP contribution in [0.4, 0.5) is 5.82 Å². The third kappa shape index (κ3) is 5.27. The number of allylic oxidation sites excluding steroid dienone is 1. The van der Waals surface area contributed by atoms with Gasteiger partial charge in [0, 0.05) is 18.2 Å². The van der Waals surface area contributed by atoms with Gasteiger partial charge in [-0.1, -0.05) is 55.5 Å². The van der Waals surface area contributed by atoms with Gasteiger partial charge in [-0.3, -0.25) is 9.69 Å². The summed E-state index contributed by atoms with van der Waals surface area (Å²) in [5.74, 6) is -0.372. The Labute approximate surface area is 213 Å². The topological polar surface area (TPSA) is 75.4 Å². The Hall–Kier alpha value is -3.67. The molecule has 0 saturated heterocycles. The first-order valence-corrected chi connectivity index (χ1v) is 12.8. The number of hydrogen-bond donors (Lipinski definition) is 1. The van der Waals surface area contributed by atoms with Gasteiger partial charge in [-0.05, 0) is 81.2 Å². The second-order valence-corrected chi connectivity index (χ2v) is 9.99. The number of nitrogens with zero attached hydrogens (tertiary/aromatic N) is 3. The van der Waals surface area contributed by atoms with Gasteiger partial charge in [0.1, 0.15) is 5.56 Å². The summed E-state index contributed by atoms with van der Waals surface area (Å²) >= 11 is 0. The van der Waals surface area contributed by atoms with Crippen LogP contribution in [0.3, 0.4) is 0 Å². The second kappa shape index (κ2) is 10.9. The number of carboxylic acid groups (broad SMARTS) is 1. The number of aromatic nitrogens is 2. The summed E-state index contributed by atoms with van der Waals surface area (Å²) in [6.45, 7) is 8.05. The number of benzene rings is 2. The van der Waals surface area contributed by atoms with Crippen molar-refractivity contribution in [1.29, 1.82) is 0 Å². The monoisotopic (exact) mass is 485 g/mol. The molecule has 1 N–H and O–H groups in total. The van der Waals surface area contributed by atoms with Crippen LogP contribution >= 0.6 is 0 Å². The van der Waals surface area contributed by atoms with E-state index in [1.54, 1.807) is 9.58 Å². The molecule has 0 atom stereocenters. The summed E-state index contributed by atoms with van der Waals surface area (Å²) in [5, 5.41) is 14.6. The molecule has 0 unspecified atom stereocenters. The predicted octanol–water partition coefficient (Wildman–Crippen LogP) is 6.59. The Balaban J connectivity index is 1.66. The van der Waals surface area contributed by atoms with Crippen molar-refractivity contribution in [3.63, 3.8) is 0 Å². The van der Waals surface area contributed by atoms with E-state index in [9.17, 15) is 14.7 Å². The van der Waals surface area contributed by atoms with Gasteiger partial charge in [-0.15, -0.1) is 5.10 Å². The quantitative estimate of drug-likeness (QED) is 0.410. The first-order valence-electron chi connectivity index (χ1n) is 12.8. The van der Waals surface area contributed by atoms with Crippen molar-refractivity contribution < 1.29 is 14.7 Å². The molecule has 1 aliphatic rings. The fourth-order valence-electron chi connectivity index (χ4n) is 5.04. The molecule has 188 valence electrons. The molecule has 3 aromatic rings. The zero-order valence-corrected chi connectivity index (χ0v) is 21.5. The van der Waals surface area contributed by atoms with Gasteiger partial charge in [-0.2, -0.15) is 0 Å². The van der Waals surface area contributed by atoms with Gasteiger partial charge >= 0.3 is 5.97 Å². The van der Waals surface area contributed by atoms with Crippen LogP contribution in [-0.4, -0.2) is 32.8 Å². The SMILES string of the molecule is CC=C(c1ccccc1)c1ccc(-n2cc(C(=O)O)c(N(C(=O)[C@H]3CC[C@H](C)CC3)C(C)C)n2)cc1. The highest BCUT2D eigenvalue weighted by Gasteiger charge is 2.34. The summed E-state index contributed by atoms with van der Waals surface area (Å²) in [7, 11) is 0. The van der Waals surface area contributed by atoms with E-state index < -0.39 is 5.97 Å². The fourth-order valence-corrected chi connectivity index (χ4v) is 5.04. The molecule has 4 rings (SSSR count).